The molecule has 0 saturated carbocycles. The van der Waals surface area contributed by atoms with E-state index in [-0.39, 0.29) is 0 Å². The van der Waals surface area contributed by atoms with Crippen LogP contribution < -0.4 is 0 Å². The molecule has 2 rings (SSSR count). The average Bonchev–Trinajstić information content (AvgIpc) is 2.37. The van der Waals surface area contributed by atoms with Gasteiger partial charge in [0.2, 0.25) is 0 Å². The van der Waals surface area contributed by atoms with Crippen molar-refractivity contribution in [1.82, 2.24) is 4.98 Å². The van der Waals surface area contributed by atoms with Crippen LogP contribution in [0.2, 0.25) is 0 Å². The fourth-order valence-corrected chi connectivity index (χ4v) is 2.98. The van der Waals surface area contributed by atoms with Crippen molar-refractivity contribution in [2.75, 3.05) is 5.75 Å². The van der Waals surface area contributed by atoms with E-state index >= 15 is 0 Å². The lowest BCUT2D eigenvalue weighted by molar-refractivity contribution is 0.203. The number of aryl methyl sites for hydroxylation is 1. The first-order valence-electron chi connectivity index (χ1n) is 5.64. The zero-order valence-corrected chi connectivity index (χ0v) is 12.4. The summed E-state index contributed by atoms with van der Waals surface area (Å²) in [7, 11) is 0. The molecule has 0 spiro atoms. The summed E-state index contributed by atoms with van der Waals surface area (Å²) in [5.41, 5.74) is 1.83. The SMILES string of the molecule is Cc1ccc(C(O)CSc2cccc(Br)c2)cn1. The van der Waals surface area contributed by atoms with E-state index in [1.165, 1.54) is 0 Å². The van der Waals surface area contributed by atoms with Gasteiger partial charge in [0, 0.05) is 27.0 Å². The van der Waals surface area contributed by atoms with E-state index in [1.54, 1.807) is 18.0 Å². The molecule has 1 unspecified atom stereocenters. The molecule has 0 bridgehead atoms. The number of halogens is 1. The molecule has 18 heavy (non-hydrogen) atoms. The Morgan fingerprint density at radius 1 is 1.33 bits per heavy atom. The number of aliphatic hydroxyl groups is 1. The van der Waals surface area contributed by atoms with Crippen molar-refractivity contribution in [1.29, 1.82) is 0 Å². The first-order chi connectivity index (χ1) is 8.65. The lowest BCUT2D eigenvalue weighted by atomic mass is 10.2. The molecule has 0 amide bonds. The van der Waals surface area contributed by atoms with Gasteiger partial charge in [-0.25, -0.2) is 0 Å². The average molecular weight is 324 g/mol. The van der Waals surface area contributed by atoms with Crippen LogP contribution in [0.1, 0.15) is 17.4 Å². The normalized spacial score (nSPS) is 12.4. The molecule has 2 nitrogen and oxygen atoms in total. The zero-order chi connectivity index (χ0) is 13.0. The van der Waals surface area contributed by atoms with Crippen LogP contribution in [0, 0.1) is 6.92 Å². The van der Waals surface area contributed by atoms with E-state index in [2.05, 4.69) is 20.9 Å². The highest BCUT2D eigenvalue weighted by Gasteiger charge is 2.08. The number of thioether (sulfide) groups is 1. The summed E-state index contributed by atoms with van der Waals surface area (Å²) in [5, 5.41) is 10.1. The number of aliphatic hydroxyl groups excluding tert-OH is 1. The number of benzene rings is 1. The zero-order valence-electron chi connectivity index (χ0n) is 10.0. The minimum Gasteiger partial charge on any atom is -0.387 e. The summed E-state index contributed by atoms with van der Waals surface area (Å²) in [6, 6.07) is 11.9. The molecule has 1 aromatic heterocycles. The van der Waals surface area contributed by atoms with Crippen LogP contribution in [0.3, 0.4) is 0 Å². The molecule has 4 heteroatoms. The molecule has 0 radical (unpaired) electrons. The molecular weight excluding hydrogens is 310 g/mol. The lowest BCUT2D eigenvalue weighted by Crippen LogP contribution is -2.01. The van der Waals surface area contributed by atoms with Crippen LogP contribution in [-0.4, -0.2) is 15.8 Å². The third-order valence-corrected chi connectivity index (χ3v) is 4.09. The van der Waals surface area contributed by atoms with Gasteiger partial charge in [-0.2, -0.15) is 0 Å². The van der Waals surface area contributed by atoms with Crippen molar-refractivity contribution in [3.63, 3.8) is 0 Å². The Balaban J connectivity index is 1.96. The first kappa shape index (κ1) is 13.6. The standard InChI is InChI=1S/C14H14BrNOS/c1-10-5-6-11(8-16-10)14(17)9-18-13-4-2-3-12(15)7-13/h2-8,14,17H,9H2,1H3. The maximum absolute atomic E-state index is 10.1. The predicted molar refractivity (Wildman–Crippen MR) is 78.8 cm³/mol. The van der Waals surface area contributed by atoms with E-state index in [9.17, 15) is 5.11 Å². The van der Waals surface area contributed by atoms with Gasteiger partial charge in [0.15, 0.2) is 0 Å². The minimum atomic E-state index is -0.484. The fraction of sp³-hybridized carbons (Fsp3) is 0.214. The summed E-state index contributed by atoms with van der Waals surface area (Å²) >= 11 is 5.07. The van der Waals surface area contributed by atoms with Crippen molar-refractivity contribution in [3.05, 3.63) is 58.3 Å². The molecule has 0 aliphatic carbocycles. The molecule has 0 fully saturated rings. The van der Waals surface area contributed by atoms with E-state index in [4.69, 9.17) is 0 Å². The van der Waals surface area contributed by atoms with Crippen LogP contribution in [0.4, 0.5) is 0 Å². The molecule has 1 N–H and O–H groups in total. The van der Waals surface area contributed by atoms with Crippen LogP contribution in [0.5, 0.6) is 0 Å². The predicted octanol–water partition coefficient (Wildman–Crippen LogP) is 3.98. The van der Waals surface area contributed by atoms with E-state index in [0.717, 1.165) is 20.6 Å². The van der Waals surface area contributed by atoms with Crippen LogP contribution in [0.15, 0.2) is 52.0 Å². The van der Waals surface area contributed by atoms with Gasteiger partial charge in [-0.05, 0) is 36.8 Å². The summed E-state index contributed by atoms with van der Waals surface area (Å²) in [4.78, 5) is 5.33. The van der Waals surface area contributed by atoms with Crippen molar-refractivity contribution in [3.8, 4) is 0 Å². The first-order valence-corrected chi connectivity index (χ1v) is 7.42. The van der Waals surface area contributed by atoms with Gasteiger partial charge in [0.1, 0.15) is 0 Å². The molecule has 2 aromatic rings. The van der Waals surface area contributed by atoms with Gasteiger partial charge in [0.05, 0.1) is 6.10 Å². The Kier molecular flexibility index (Phi) is 4.80. The van der Waals surface area contributed by atoms with Crippen molar-refractivity contribution in [2.45, 2.75) is 17.9 Å². The minimum absolute atomic E-state index is 0.484. The number of pyridine rings is 1. The Hall–Kier alpha value is -0.840. The van der Waals surface area contributed by atoms with Gasteiger partial charge in [0.25, 0.3) is 0 Å². The van der Waals surface area contributed by atoms with E-state index < -0.39 is 6.10 Å². The molecule has 0 saturated heterocycles. The Bertz CT molecular complexity index is 515. The Morgan fingerprint density at radius 2 is 2.17 bits per heavy atom. The van der Waals surface area contributed by atoms with Gasteiger partial charge >= 0.3 is 0 Å². The summed E-state index contributed by atoms with van der Waals surface area (Å²) in [5.74, 6) is 0.626. The maximum Gasteiger partial charge on any atom is 0.0898 e. The summed E-state index contributed by atoms with van der Waals surface area (Å²) in [6.45, 7) is 1.94. The van der Waals surface area contributed by atoms with E-state index in [0.29, 0.717) is 5.75 Å². The largest absolute Gasteiger partial charge is 0.387 e. The van der Waals surface area contributed by atoms with Crippen LogP contribution >= 0.6 is 27.7 Å². The quantitative estimate of drug-likeness (QED) is 0.864. The molecular formula is C14H14BrNOS. The number of aromatic nitrogens is 1. The highest BCUT2D eigenvalue weighted by Crippen LogP contribution is 2.26. The van der Waals surface area contributed by atoms with Gasteiger partial charge in [-0.15, -0.1) is 11.8 Å². The molecule has 94 valence electrons. The second-order valence-corrected chi connectivity index (χ2v) is 6.03. The molecule has 0 aliphatic heterocycles. The second-order valence-electron chi connectivity index (χ2n) is 4.02. The highest BCUT2D eigenvalue weighted by atomic mass is 79.9. The van der Waals surface area contributed by atoms with Crippen LogP contribution in [0.25, 0.3) is 0 Å². The number of nitrogens with zero attached hydrogens (tertiary/aromatic N) is 1. The van der Waals surface area contributed by atoms with Crippen LogP contribution in [-0.2, 0) is 0 Å². The third-order valence-electron chi connectivity index (χ3n) is 2.52. The topological polar surface area (TPSA) is 33.1 Å². The number of hydrogen-bond donors (Lipinski definition) is 1. The molecule has 1 aromatic carbocycles. The van der Waals surface area contributed by atoms with E-state index in [1.807, 2.05) is 43.3 Å². The molecule has 0 aliphatic rings. The van der Waals surface area contributed by atoms with Crippen molar-refractivity contribution >= 4 is 27.7 Å². The van der Waals surface area contributed by atoms with Crippen molar-refractivity contribution in [2.24, 2.45) is 0 Å². The van der Waals surface area contributed by atoms with Crippen molar-refractivity contribution < 1.29 is 5.11 Å². The Morgan fingerprint density at radius 3 is 2.83 bits per heavy atom. The maximum atomic E-state index is 10.1. The number of hydrogen-bond acceptors (Lipinski definition) is 3. The summed E-state index contributed by atoms with van der Waals surface area (Å²) < 4.78 is 1.05. The molecule has 1 atom stereocenters. The highest BCUT2D eigenvalue weighted by molar-refractivity contribution is 9.10. The lowest BCUT2D eigenvalue weighted by Gasteiger charge is -2.10. The van der Waals surface area contributed by atoms with Gasteiger partial charge in [-0.3, -0.25) is 4.98 Å². The smallest absolute Gasteiger partial charge is 0.0898 e. The number of rotatable bonds is 4. The van der Waals surface area contributed by atoms with Gasteiger partial charge in [-0.1, -0.05) is 28.1 Å². The second kappa shape index (κ2) is 6.36. The third kappa shape index (κ3) is 3.83. The fourth-order valence-electron chi connectivity index (χ4n) is 1.50. The molecule has 1 heterocycles. The Labute approximate surface area is 120 Å². The van der Waals surface area contributed by atoms with Gasteiger partial charge < -0.3 is 5.11 Å². The summed E-state index contributed by atoms with van der Waals surface area (Å²) in [6.07, 6.45) is 1.25. The monoisotopic (exact) mass is 323 g/mol.